The molecule has 0 aliphatic heterocycles. The number of nitrogens with zero attached hydrogens (tertiary/aromatic N) is 2. The van der Waals surface area contributed by atoms with Gasteiger partial charge in [0.05, 0.1) is 5.69 Å². The molecule has 0 aliphatic rings. The molecular formula is C16H23N3. The third-order valence-electron chi connectivity index (χ3n) is 3.61. The van der Waals surface area contributed by atoms with Crippen LogP contribution in [0.5, 0.6) is 0 Å². The van der Waals surface area contributed by atoms with Crippen molar-refractivity contribution in [3.05, 3.63) is 52.3 Å². The molecule has 19 heavy (non-hydrogen) atoms. The summed E-state index contributed by atoms with van der Waals surface area (Å²) in [4.78, 5) is 0. The Hall–Kier alpha value is -1.61. The number of rotatable bonds is 4. The Morgan fingerprint density at radius 3 is 2.58 bits per heavy atom. The molecule has 1 aromatic carbocycles. The molecule has 0 saturated carbocycles. The van der Waals surface area contributed by atoms with Crippen molar-refractivity contribution >= 4 is 0 Å². The molecule has 3 nitrogen and oxygen atoms in total. The molecule has 0 fully saturated rings. The van der Waals surface area contributed by atoms with E-state index in [1.165, 1.54) is 22.3 Å². The molecule has 1 unspecified atom stereocenters. The zero-order valence-electron chi connectivity index (χ0n) is 12.5. The zero-order chi connectivity index (χ0) is 14.0. The summed E-state index contributed by atoms with van der Waals surface area (Å²) >= 11 is 0. The van der Waals surface area contributed by atoms with Gasteiger partial charge in [0.2, 0.25) is 0 Å². The van der Waals surface area contributed by atoms with E-state index in [1.807, 2.05) is 11.7 Å². The Bertz CT molecular complexity index is 569. The van der Waals surface area contributed by atoms with Gasteiger partial charge in [-0.2, -0.15) is 5.10 Å². The van der Waals surface area contributed by atoms with E-state index < -0.39 is 0 Å². The molecule has 0 spiro atoms. The van der Waals surface area contributed by atoms with E-state index in [2.05, 4.69) is 62.5 Å². The lowest BCUT2D eigenvalue weighted by molar-refractivity contribution is 0.570. The number of nitrogens with one attached hydrogen (secondary N) is 1. The van der Waals surface area contributed by atoms with Crippen LogP contribution in [0.2, 0.25) is 0 Å². The van der Waals surface area contributed by atoms with Crippen LogP contribution < -0.4 is 5.32 Å². The fraction of sp³-hybridized carbons (Fsp3) is 0.438. The standard InChI is InChI=1S/C16H23N3/c1-11-6-7-16(12(2)8-11)14(4)17-9-15-10-19(5)18-13(15)3/h6-8,10,14,17H,9H2,1-5H3. The van der Waals surface area contributed by atoms with E-state index in [4.69, 9.17) is 0 Å². The second-order valence-corrected chi connectivity index (χ2v) is 5.38. The van der Waals surface area contributed by atoms with Crippen LogP contribution in [0.1, 0.15) is 40.9 Å². The predicted molar refractivity (Wildman–Crippen MR) is 79.1 cm³/mol. The minimum absolute atomic E-state index is 0.347. The van der Waals surface area contributed by atoms with Crippen molar-refractivity contribution in [3.8, 4) is 0 Å². The van der Waals surface area contributed by atoms with E-state index >= 15 is 0 Å². The minimum Gasteiger partial charge on any atom is -0.306 e. The first-order chi connectivity index (χ1) is 8.97. The van der Waals surface area contributed by atoms with Crippen molar-refractivity contribution in [3.63, 3.8) is 0 Å². The lowest BCUT2D eigenvalue weighted by atomic mass is 10.00. The predicted octanol–water partition coefficient (Wildman–Crippen LogP) is 3.20. The van der Waals surface area contributed by atoms with Crippen molar-refractivity contribution < 1.29 is 0 Å². The first-order valence-electron chi connectivity index (χ1n) is 6.77. The van der Waals surface area contributed by atoms with Gasteiger partial charge in [-0.25, -0.2) is 0 Å². The molecule has 1 heterocycles. The Kier molecular flexibility index (Phi) is 4.05. The van der Waals surface area contributed by atoms with Crippen LogP contribution in [0.4, 0.5) is 0 Å². The van der Waals surface area contributed by atoms with Crippen LogP contribution in [0.25, 0.3) is 0 Å². The fourth-order valence-electron chi connectivity index (χ4n) is 2.51. The van der Waals surface area contributed by atoms with Gasteiger partial charge in [-0.05, 0) is 38.8 Å². The smallest absolute Gasteiger partial charge is 0.0638 e. The third kappa shape index (κ3) is 3.24. The molecule has 1 N–H and O–H groups in total. The summed E-state index contributed by atoms with van der Waals surface area (Å²) in [6.07, 6.45) is 2.08. The van der Waals surface area contributed by atoms with E-state index in [1.54, 1.807) is 0 Å². The molecule has 0 bridgehead atoms. The van der Waals surface area contributed by atoms with Crippen molar-refractivity contribution in [2.75, 3.05) is 0 Å². The lowest BCUT2D eigenvalue weighted by Gasteiger charge is -2.17. The van der Waals surface area contributed by atoms with E-state index in [0.717, 1.165) is 12.2 Å². The topological polar surface area (TPSA) is 29.9 Å². The molecular weight excluding hydrogens is 234 g/mol. The van der Waals surface area contributed by atoms with Gasteiger partial charge < -0.3 is 5.32 Å². The summed E-state index contributed by atoms with van der Waals surface area (Å²) in [5, 5.41) is 7.94. The van der Waals surface area contributed by atoms with E-state index in [0.29, 0.717) is 6.04 Å². The monoisotopic (exact) mass is 257 g/mol. The highest BCUT2D eigenvalue weighted by molar-refractivity contribution is 5.32. The van der Waals surface area contributed by atoms with Crippen molar-refractivity contribution in [2.24, 2.45) is 7.05 Å². The average molecular weight is 257 g/mol. The summed E-state index contributed by atoms with van der Waals surface area (Å²) in [5.74, 6) is 0. The Balaban J connectivity index is 2.05. The van der Waals surface area contributed by atoms with Gasteiger partial charge in [-0.15, -0.1) is 0 Å². The minimum atomic E-state index is 0.347. The van der Waals surface area contributed by atoms with E-state index in [9.17, 15) is 0 Å². The largest absolute Gasteiger partial charge is 0.306 e. The lowest BCUT2D eigenvalue weighted by Crippen LogP contribution is -2.19. The molecule has 0 radical (unpaired) electrons. The van der Waals surface area contributed by atoms with Crippen LogP contribution in [0.3, 0.4) is 0 Å². The number of benzene rings is 1. The maximum atomic E-state index is 4.37. The second kappa shape index (κ2) is 5.57. The van der Waals surface area contributed by atoms with Gasteiger partial charge in [0.1, 0.15) is 0 Å². The maximum absolute atomic E-state index is 4.37. The first kappa shape index (κ1) is 13.8. The molecule has 3 heteroatoms. The Morgan fingerprint density at radius 1 is 1.26 bits per heavy atom. The third-order valence-corrected chi connectivity index (χ3v) is 3.61. The summed E-state index contributed by atoms with van der Waals surface area (Å²) in [6.45, 7) is 9.43. The van der Waals surface area contributed by atoms with Gasteiger partial charge in [0.25, 0.3) is 0 Å². The Morgan fingerprint density at radius 2 is 2.00 bits per heavy atom. The Labute approximate surface area is 115 Å². The van der Waals surface area contributed by atoms with Gasteiger partial charge >= 0.3 is 0 Å². The summed E-state index contributed by atoms with van der Waals surface area (Å²) in [5.41, 5.74) is 6.40. The number of aromatic nitrogens is 2. The molecule has 2 rings (SSSR count). The number of aryl methyl sites for hydroxylation is 4. The van der Waals surface area contributed by atoms with Gasteiger partial charge in [-0.1, -0.05) is 23.8 Å². The number of hydrogen-bond donors (Lipinski definition) is 1. The summed E-state index contributed by atoms with van der Waals surface area (Å²) in [6, 6.07) is 6.98. The molecule has 1 aromatic heterocycles. The molecule has 1 atom stereocenters. The van der Waals surface area contributed by atoms with Crippen molar-refractivity contribution in [1.82, 2.24) is 15.1 Å². The molecule has 0 aliphatic carbocycles. The molecule has 0 amide bonds. The SMILES string of the molecule is Cc1ccc(C(C)NCc2cn(C)nc2C)c(C)c1. The molecule has 0 saturated heterocycles. The van der Waals surface area contributed by atoms with Gasteiger partial charge in [0, 0.05) is 31.4 Å². The summed E-state index contributed by atoms with van der Waals surface area (Å²) in [7, 11) is 1.96. The number of hydrogen-bond acceptors (Lipinski definition) is 2. The van der Waals surface area contributed by atoms with Crippen molar-refractivity contribution in [2.45, 2.75) is 40.3 Å². The quantitative estimate of drug-likeness (QED) is 0.911. The van der Waals surface area contributed by atoms with E-state index in [-0.39, 0.29) is 0 Å². The van der Waals surface area contributed by atoms with Crippen LogP contribution in [0, 0.1) is 20.8 Å². The molecule has 102 valence electrons. The summed E-state index contributed by atoms with van der Waals surface area (Å²) < 4.78 is 1.87. The van der Waals surface area contributed by atoms with Crippen LogP contribution in [0.15, 0.2) is 24.4 Å². The van der Waals surface area contributed by atoms with Crippen LogP contribution >= 0.6 is 0 Å². The fourth-order valence-corrected chi connectivity index (χ4v) is 2.51. The first-order valence-corrected chi connectivity index (χ1v) is 6.77. The second-order valence-electron chi connectivity index (χ2n) is 5.38. The van der Waals surface area contributed by atoms with Gasteiger partial charge in [0.15, 0.2) is 0 Å². The van der Waals surface area contributed by atoms with Gasteiger partial charge in [-0.3, -0.25) is 4.68 Å². The highest BCUT2D eigenvalue weighted by Gasteiger charge is 2.09. The normalized spacial score (nSPS) is 12.7. The zero-order valence-corrected chi connectivity index (χ0v) is 12.5. The maximum Gasteiger partial charge on any atom is 0.0638 e. The highest BCUT2D eigenvalue weighted by Crippen LogP contribution is 2.19. The molecule has 2 aromatic rings. The van der Waals surface area contributed by atoms with Crippen LogP contribution in [-0.4, -0.2) is 9.78 Å². The highest BCUT2D eigenvalue weighted by atomic mass is 15.2. The van der Waals surface area contributed by atoms with Crippen LogP contribution in [-0.2, 0) is 13.6 Å². The average Bonchev–Trinajstić information content (AvgIpc) is 2.65. The van der Waals surface area contributed by atoms with Crippen molar-refractivity contribution in [1.29, 1.82) is 0 Å².